The van der Waals surface area contributed by atoms with E-state index in [-0.39, 0.29) is 5.91 Å². The minimum atomic E-state index is -3.43. The predicted octanol–water partition coefficient (Wildman–Crippen LogP) is 2.63. The van der Waals surface area contributed by atoms with Crippen LogP contribution in [0.5, 0.6) is 0 Å². The number of rotatable bonds is 2. The minimum Gasteiger partial charge on any atom is -0.319 e. The lowest BCUT2D eigenvalue weighted by molar-refractivity contribution is -0.122. The van der Waals surface area contributed by atoms with E-state index in [9.17, 15) is 13.2 Å². The number of aromatic nitrogens is 1. The van der Waals surface area contributed by atoms with Gasteiger partial charge in [-0.05, 0) is 24.3 Å². The van der Waals surface area contributed by atoms with Crippen LogP contribution in [0.1, 0.15) is 19.3 Å². The average Bonchev–Trinajstić information content (AvgIpc) is 2.97. The van der Waals surface area contributed by atoms with Crippen LogP contribution < -0.4 is 4.80 Å². The Kier molecular flexibility index (Phi) is 4.65. The van der Waals surface area contributed by atoms with Gasteiger partial charge in [0.2, 0.25) is 10.0 Å². The molecule has 1 amide bonds. The molecule has 0 saturated carbocycles. The molecule has 4 rings (SSSR count). The molecule has 1 atom stereocenters. The van der Waals surface area contributed by atoms with Gasteiger partial charge in [-0.2, -0.15) is 9.30 Å². The number of nitrogens with zero attached hydrogens (tertiary/aromatic N) is 3. The first-order valence-corrected chi connectivity index (χ1v) is 11.6. The first-order valence-electron chi connectivity index (χ1n) is 8.89. The molecule has 1 aliphatic heterocycles. The molecule has 1 fully saturated rings. The smallest absolute Gasteiger partial charge is 0.266 e. The Hall–Kier alpha value is -2.03. The second kappa shape index (κ2) is 6.85. The molecule has 1 aromatic heterocycles. The van der Waals surface area contributed by atoms with Crippen LogP contribution in [0.3, 0.4) is 0 Å². The van der Waals surface area contributed by atoms with Crippen molar-refractivity contribution in [2.24, 2.45) is 12.0 Å². The van der Waals surface area contributed by atoms with E-state index in [1.54, 1.807) is 0 Å². The summed E-state index contributed by atoms with van der Waals surface area (Å²) in [4.78, 5) is 17.8. The maximum atomic E-state index is 12.8. The predicted molar refractivity (Wildman–Crippen MR) is 108 cm³/mol. The van der Waals surface area contributed by atoms with Crippen LogP contribution in [-0.4, -0.2) is 42.0 Å². The van der Waals surface area contributed by atoms with E-state index in [2.05, 4.69) is 23.2 Å². The fourth-order valence-electron chi connectivity index (χ4n) is 3.74. The summed E-state index contributed by atoms with van der Waals surface area (Å²) in [5, 5.41) is 2.24. The van der Waals surface area contributed by atoms with Crippen molar-refractivity contribution < 1.29 is 13.2 Å². The Labute approximate surface area is 161 Å². The molecule has 1 aliphatic rings. The van der Waals surface area contributed by atoms with Gasteiger partial charge < -0.3 is 4.57 Å². The Morgan fingerprint density at radius 2 is 1.96 bits per heavy atom. The standard InChI is InChI=1S/C19H21N3O3S2/c1-21-17-14-8-4-3-7-13(14)10-11-16(17)26-19(21)20-18(23)15-9-5-6-12-22(15)27(2,24)25/h3-4,7-8,10-11,15H,5-6,9,12H2,1-2H3. The fourth-order valence-corrected chi connectivity index (χ4v) is 5.90. The quantitative estimate of drug-likeness (QED) is 0.660. The van der Waals surface area contributed by atoms with Gasteiger partial charge in [-0.3, -0.25) is 4.79 Å². The van der Waals surface area contributed by atoms with Gasteiger partial charge in [0, 0.05) is 19.0 Å². The van der Waals surface area contributed by atoms with E-state index in [1.807, 2.05) is 29.8 Å². The largest absolute Gasteiger partial charge is 0.319 e. The van der Waals surface area contributed by atoms with Crippen molar-refractivity contribution in [1.29, 1.82) is 0 Å². The van der Waals surface area contributed by atoms with Gasteiger partial charge in [0.05, 0.1) is 16.5 Å². The van der Waals surface area contributed by atoms with E-state index < -0.39 is 16.1 Å². The highest BCUT2D eigenvalue weighted by atomic mass is 32.2. The average molecular weight is 404 g/mol. The molecule has 8 heteroatoms. The topological polar surface area (TPSA) is 71.7 Å². The van der Waals surface area contributed by atoms with Crippen LogP contribution in [0.2, 0.25) is 0 Å². The van der Waals surface area contributed by atoms with Crippen molar-refractivity contribution in [1.82, 2.24) is 8.87 Å². The number of piperidine rings is 1. The highest BCUT2D eigenvalue weighted by molar-refractivity contribution is 7.88. The minimum absolute atomic E-state index is 0.383. The van der Waals surface area contributed by atoms with E-state index in [0.717, 1.165) is 40.1 Å². The summed E-state index contributed by atoms with van der Waals surface area (Å²) in [5.74, 6) is -0.383. The summed E-state index contributed by atoms with van der Waals surface area (Å²) >= 11 is 1.45. The summed E-state index contributed by atoms with van der Waals surface area (Å²) in [6.45, 7) is 0.383. The number of sulfonamides is 1. The van der Waals surface area contributed by atoms with E-state index in [0.29, 0.717) is 17.8 Å². The second-order valence-electron chi connectivity index (χ2n) is 6.91. The van der Waals surface area contributed by atoms with Gasteiger partial charge in [0.25, 0.3) is 5.91 Å². The molecule has 0 N–H and O–H groups in total. The van der Waals surface area contributed by atoms with Crippen LogP contribution >= 0.6 is 11.3 Å². The van der Waals surface area contributed by atoms with Crippen molar-refractivity contribution in [3.8, 4) is 0 Å². The highest BCUT2D eigenvalue weighted by Gasteiger charge is 2.34. The van der Waals surface area contributed by atoms with Crippen molar-refractivity contribution in [2.75, 3.05) is 12.8 Å². The number of thiazole rings is 1. The maximum Gasteiger partial charge on any atom is 0.266 e. The van der Waals surface area contributed by atoms with Crippen molar-refractivity contribution in [2.45, 2.75) is 25.3 Å². The molecule has 6 nitrogen and oxygen atoms in total. The van der Waals surface area contributed by atoms with Gasteiger partial charge >= 0.3 is 0 Å². The van der Waals surface area contributed by atoms with Gasteiger partial charge in [-0.15, -0.1) is 0 Å². The molecular weight excluding hydrogens is 382 g/mol. The van der Waals surface area contributed by atoms with E-state index >= 15 is 0 Å². The molecule has 1 saturated heterocycles. The molecule has 27 heavy (non-hydrogen) atoms. The summed E-state index contributed by atoms with van der Waals surface area (Å²) < 4.78 is 28.3. The lowest BCUT2D eigenvalue weighted by Crippen LogP contribution is -2.47. The SMILES string of the molecule is Cn1c(=NC(=O)C2CCCCN2S(C)(=O)=O)sc2ccc3ccccc3c21. The summed E-state index contributed by atoms with van der Waals surface area (Å²) in [6, 6.07) is 11.5. The van der Waals surface area contributed by atoms with Crippen molar-refractivity contribution in [3.05, 3.63) is 41.2 Å². The zero-order chi connectivity index (χ0) is 19.2. The van der Waals surface area contributed by atoms with Crippen LogP contribution in [0.15, 0.2) is 41.4 Å². The number of fused-ring (bicyclic) bond motifs is 3. The number of benzene rings is 2. The fraction of sp³-hybridized carbons (Fsp3) is 0.368. The second-order valence-corrected chi connectivity index (χ2v) is 9.86. The van der Waals surface area contributed by atoms with Gasteiger partial charge in [0.15, 0.2) is 4.80 Å². The van der Waals surface area contributed by atoms with Crippen molar-refractivity contribution in [3.63, 3.8) is 0 Å². The zero-order valence-electron chi connectivity index (χ0n) is 15.3. The van der Waals surface area contributed by atoms with E-state index in [4.69, 9.17) is 0 Å². The van der Waals surface area contributed by atoms with Gasteiger partial charge in [-0.25, -0.2) is 8.42 Å². The molecule has 1 unspecified atom stereocenters. The number of carbonyl (C=O) groups is 1. The Balaban J connectivity index is 1.82. The number of aryl methyl sites for hydroxylation is 1. The maximum absolute atomic E-state index is 12.8. The molecule has 0 aliphatic carbocycles. The Bertz CT molecular complexity index is 1210. The number of carbonyl (C=O) groups excluding carboxylic acids is 1. The van der Waals surface area contributed by atoms with Crippen LogP contribution in [0.25, 0.3) is 21.0 Å². The highest BCUT2D eigenvalue weighted by Crippen LogP contribution is 2.26. The number of hydrogen-bond donors (Lipinski definition) is 0. The third-order valence-electron chi connectivity index (χ3n) is 5.06. The molecular formula is C19H21N3O3S2. The summed E-state index contributed by atoms with van der Waals surface area (Å²) in [6.07, 6.45) is 3.29. The molecule has 0 radical (unpaired) electrons. The molecule has 0 bridgehead atoms. The Morgan fingerprint density at radius 1 is 1.19 bits per heavy atom. The summed E-state index contributed by atoms with van der Waals surface area (Å²) in [7, 11) is -1.53. The number of amides is 1. The monoisotopic (exact) mass is 403 g/mol. The first kappa shape index (κ1) is 18.3. The zero-order valence-corrected chi connectivity index (χ0v) is 16.9. The third-order valence-corrected chi connectivity index (χ3v) is 7.44. The lowest BCUT2D eigenvalue weighted by atomic mass is 10.0. The van der Waals surface area contributed by atoms with Crippen LogP contribution in [0, 0.1) is 0 Å². The number of hydrogen-bond acceptors (Lipinski definition) is 4. The molecule has 2 aromatic carbocycles. The summed E-state index contributed by atoms with van der Waals surface area (Å²) in [5.41, 5.74) is 1.04. The Morgan fingerprint density at radius 3 is 2.74 bits per heavy atom. The first-order chi connectivity index (χ1) is 12.9. The van der Waals surface area contributed by atoms with Gasteiger partial charge in [-0.1, -0.05) is 48.1 Å². The molecule has 3 aromatic rings. The van der Waals surface area contributed by atoms with Gasteiger partial charge in [0.1, 0.15) is 6.04 Å². The lowest BCUT2D eigenvalue weighted by Gasteiger charge is -2.31. The third kappa shape index (κ3) is 3.33. The molecule has 142 valence electrons. The normalized spacial score (nSPS) is 19.8. The van der Waals surface area contributed by atoms with Crippen LogP contribution in [0.4, 0.5) is 0 Å². The van der Waals surface area contributed by atoms with E-state index in [1.165, 1.54) is 15.6 Å². The molecule has 2 heterocycles. The van der Waals surface area contributed by atoms with Crippen LogP contribution in [-0.2, 0) is 21.9 Å². The molecule has 0 spiro atoms. The van der Waals surface area contributed by atoms with Crippen molar-refractivity contribution >= 4 is 48.3 Å².